The molecule has 258 valence electrons. The molecule has 3 aromatic heterocycles. The van der Waals surface area contributed by atoms with Crippen molar-refractivity contribution in [1.29, 1.82) is 0 Å². The Hall–Kier alpha value is -3.91. The van der Waals surface area contributed by atoms with Crippen molar-refractivity contribution in [1.82, 2.24) is 34.6 Å². The Labute approximate surface area is 303 Å². The number of hydrogen-bond acceptors (Lipinski definition) is 12. The van der Waals surface area contributed by atoms with Crippen molar-refractivity contribution in [3.63, 3.8) is 0 Å². The third kappa shape index (κ3) is 8.34. The van der Waals surface area contributed by atoms with Gasteiger partial charge in [-0.15, -0.1) is 0 Å². The number of halogens is 1. The van der Waals surface area contributed by atoms with Crippen LogP contribution in [0, 0.1) is 0 Å². The third-order valence-corrected chi connectivity index (χ3v) is 10.5. The molecule has 5 aromatic rings. The van der Waals surface area contributed by atoms with E-state index in [0.717, 1.165) is 49.5 Å². The van der Waals surface area contributed by atoms with Crippen LogP contribution < -0.4 is 25.6 Å². The Bertz CT molecular complexity index is 2050. The maximum absolute atomic E-state index is 13.5. The van der Waals surface area contributed by atoms with Crippen molar-refractivity contribution in [2.24, 2.45) is 7.05 Å². The maximum atomic E-state index is 13.5. The molecule has 1 aliphatic heterocycles. The van der Waals surface area contributed by atoms with Gasteiger partial charge in [0.25, 0.3) is 0 Å². The van der Waals surface area contributed by atoms with Crippen LogP contribution >= 0.6 is 23.1 Å². The highest BCUT2D eigenvalue weighted by Crippen LogP contribution is 2.42. The average Bonchev–Trinajstić information content (AvgIpc) is 3.51. The number of ether oxygens (including phenoxy) is 2. The maximum Gasteiger partial charge on any atom is 0.229 e. The number of methoxy groups -OCH3 is 1. The van der Waals surface area contributed by atoms with Crippen molar-refractivity contribution in [3.8, 4) is 16.9 Å². The van der Waals surface area contributed by atoms with Crippen LogP contribution in [0.2, 0.25) is 0 Å². The molecule has 50 heavy (non-hydrogen) atoms. The smallest absolute Gasteiger partial charge is 0.229 e. The fraction of sp³-hybridized carbons (Fsp3) is 0.344. The van der Waals surface area contributed by atoms with Crippen LogP contribution in [0.3, 0.4) is 0 Å². The van der Waals surface area contributed by atoms with Gasteiger partial charge in [-0.3, -0.25) is 19.5 Å². The van der Waals surface area contributed by atoms with Crippen molar-refractivity contribution >= 4 is 91.8 Å². The van der Waals surface area contributed by atoms with Crippen molar-refractivity contribution < 1.29 is 14.0 Å². The van der Waals surface area contributed by atoms with Crippen LogP contribution in [-0.4, -0.2) is 123 Å². The van der Waals surface area contributed by atoms with Gasteiger partial charge < -0.3 is 29.6 Å². The fourth-order valence-electron chi connectivity index (χ4n) is 6.01. The second-order valence-corrected chi connectivity index (χ2v) is 17.6. The molecular formula is C32H41B3BrN10O3P. The van der Waals surface area contributed by atoms with E-state index in [0.29, 0.717) is 56.3 Å². The predicted molar refractivity (Wildman–Crippen MR) is 213 cm³/mol. The quantitative estimate of drug-likeness (QED) is 0.142. The van der Waals surface area contributed by atoms with Crippen LogP contribution in [0.1, 0.15) is 0 Å². The van der Waals surface area contributed by atoms with Crippen molar-refractivity contribution in [2.75, 3.05) is 75.3 Å². The Kier molecular flexibility index (Phi) is 10.6. The largest absolute Gasteiger partial charge is 0.494 e. The molecule has 0 spiro atoms. The second-order valence-electron chi connectivity index (χ2n) is 13.6. The number of benzene rings is 2. The minimum absolute atomic E-state index is 0.140. The number of nitrogens with zero attached hydrogens (tertiary/aromatic N) is 8. The molecular weight excluding hydrogens is 716 g/mol. The summed E-state index contributed by atoms with van der Waals surface area (Å²) in [6, 6.07) is 7.85. The number of hydrogen-bond donors (Lipinski definition) is 2. The summed E-state index contributed by atoms with van der Waals surface area (Å²) in [5.41, 5.74) is 5.69. The van der Waals surface area contributed by atoms with Gasteiger partial charge in [-0.2, -0.15) is 10.1 Å². The summed E-state index contributed by atoms with van der Waals surface area (Å²) in [6.45, 7) is 8.67. The summed E-state index contributed by atoms with van der Waals surface area (Å²) >= 11 is 3.59. The average molecular weight is 757 g/mol. The molecule has 0 bridgehead atoms. The lowest BCUT2D eigenvalue weighted by Crippen LogP contribution is -2.48. The summed E-state index contributed by atoms with van der Waals surface area (Å²) in [5, 5.41) is 11.7. The molecule has 6 rings (SSSR count). The molecule has 1 fully saturated rings. The van der Waals surface area contributed by atoms with E-state index in [1.165, 1.54) is 0 Å². The first-order chi connectivity index (χ1) is 23.8. The molecule has 2 N–H and O–H groups in total. The number of nitrogens with one attached hydrogen (secondary N) is 2. The highest BCUT2D eigenvalue weighted by Gasteiger charge is 2.25. The van der Waals surface area contributed by atoms with Gasteiger partial charge in [-0.05, 0) is 52.8 Å². The van der Waals surface area contributed by atoms with Crippen molar-refractivity contribution in [2.45, 2.75) is 5.30 Å². The van der Waals surface area contributed by atoms with E-state index in [2.05, 4.69) is 92.1 Å². The van der Waals surface area contributed by atoms with E-state index in [4.69, 9.17) is 14.5 Å². The minimum atomic E-state index is -2.77. The molecule has 2 aromatic carbocycles. The molecule has 0 aliphatic carbocycles. The molecule has 1 saturated heterocycles. The summed E-state index contributed by atoms with van der Waals surface area (Å²) in [6.07, 6.45) is 8.79. The van der Waals surface area contributed by atoms with Gasteiger partial charge in [0.1, 0.15) is 47.8 Å². The van der Waals surface area contributed by atoms with Crippen LogP contribution in [0.4, 0.5) is 28.8 Å². The van der Waals surface area contributed by atoms with E-state index in [1.807, 2.05) is 31.6 Å². The van der Waals surface area contributed by atoms with E-state index < -0.39 is 7.14 Å². The summed E-state index contributed by atoms with van der Waals surface area (Å²) in [5.74, 6) is 1.50. The van der Waals surface area contributed by atoms with Gasteiger partial charge in [0.2, 0.25) is 5.95 Å². The lowest BCUT2D eigenvalue weighted by molar-refractivity contribution is 0.0965. The zero-order valence-corrected chi connectivity index (χ0v) is 32.0. The van der Waals surface area contributed by atoms with E-state index in [9.17, 15) is 4.57 Å². The third-order valence-electron chi connectivity index (χ3n) is 8.39. The second kappa shape index (κ2) is 14.8. The first-order valence-electron chi connectivity index (χ1n) is 16.5. The predicted octanol–water partition coefficient (Wildman–Crippen LogP) is 1.98. The Morgan fingerprint density at radius 1 is 1.00 bits per heavy atom. The SMILES string of the molecule is BC(B)(B)OCCN1CCN(c2cc(OC)c(Nc3ncc(Br)c(Nc4ccc5nccnc5c4P(C)(C)=O)n3)cc2-c2cnn(C)c2)CC1. The number of aryl methyl sites for hydroxylation is 1. The number of rotatable bonds is 12. The van der Waals surface area contributed by atoms with Gasteiger partial charge in [0.05, 0.1) is 46.6 Å². The lowest BCUT2D eigenvalue weighted by atomic mass is 9.52. The molecule has 0 amide bonds. The fourth-order valence-corrected chi connectivity index (χ4v) is 7.70. The van der Waals surface area contributed by atoms with Crippen molar-refractivity contribution in [3.05, 3.63) is 59.7 Å². The standard InChI is InChI=1S/C32H41B3BrN10O3P/c1-44-19-20(17-40-44)21-15-25(27(48-2)16-26(21)46-11-9-45(10-12-46)13-14-49-32(33,34)35)42-31-39-18-22(36)30(43-31)41-24-6-5-23-28(38-8-7-37-23)29(24)50(3,4)47/h5-8,15-19H,9-14,33-35H2,1-4H3,(H2,39,41,42,43). The zero-order valence-electron chi connectivity index (χ0n) is 29.6. The first-order valence-corrected chi connectivity index (χ1v) is 19.9. The molecule has 0 saturated carbocycles. The van der Waals surface area contributed by atoms with Gasteiger partial charge in [-0.25, -0.2) is 4.98 Å². The lowest BCUT2D eigenvalue weighted by Gasteiger charge is -2.37. The molecule has 0 unspecified atom stereocenters. The molecule has 0 radical (unpaired) electrons. The summed E-state index contributed by atoms with van der Waals surface area (Å²) in [4.78, 5) is 23.1. The van der Waals surface area contributed by atoms with Gasteiger partial charge in [-0.1, -0.05) is 0 Å². The Balaban J connectivity index is 1.29. The molecule has 13 nitrogen and oxygen atoms in total. The zero-order chi connectivity index (χ0) is 35.6. The van der Waals surface area contributed by atoms with Crippen LogP contribution in [0.25, 0.3) is 22.2 Å². The van der Waals surface area contributed by atoms with E-state index in [-0.39, 0.29) is 5.30 Å². The Morgan fingerprint density at radius 3 is 2.44 bits per heavy atom. The minimum Gasteiger partial charge on any atom is -0.494 e. The number of aromatic nitrogens is 6. The van der Waals surface area contributed by atoms with Crippen LogP contribution in [0.5, 0.6) is 5.75 Å². The molecule has 1 aliphatic rings. The molecule has 0 atom stereocenters. The topological polar surface area (TPSA) is 135 Å². The monoisotopic (exact) mass is 756 g/mol. The number of piperazine rings is 1. The highest BCUT2D eigenvalue weighted by molar-refractivity contribution is 9.10. The van der Waals surface area contributed by atoms with Gasteiger partial charge in [0, 0.05) is 87.4 Å². The number of fused-ring (bicyclic) bond motifs is 1. The normalized spacial score (nSPS) is 14.2. The Morgan fingerprint density at radius 2 is 1.76 bits per heavy atom. The number of anilines is 5. The van der Waals surface area contributed by atoms with E-state index >= 15 is 0 Å². The highest BCUT2D eigenvalue weighted by atomic mass is 79.9. The van der Waals surface area contributed by atoms with Crippen LogP contribution in [-0.2, 0) is 16.3 Å². The van der Waals surface area contributed by atoms with Crippen LogP contribution in [0.15, 0.2) is 59.7 Å². The molecule has 18 heteroatoms. The van der Waals surface area contributed by atoms with Gasteiger partial charge in [0.15, 0.2) is 0 Å². The molecule has 4 heterocycles. The van der Waals surface area contributed by atoms with Gasteiger partial charge >= 0.3 is 0 Å². The first kappa shape index (κ1) is 35.9. The summed E-state index contributed by atoms with van der Waals surface area (Å²) < 4.78 is 27.8. The summed E-state index contributed by atoms with van der Waals surface area (Å²) in [7, 11) is 7.07. The van der Waals surface area contributed by atoms with E-state index in [1.54, 1.807) is 43.7 Å².